The summed E-state index contributed by atoms with van der Waals surface area (Å²) in [6.45, 7) is 5.50. The maximum atomic E-state index is 9.40. The van der Waals surface area contributed by atoms with Crippen molar-refractivity contribution in [3.63, 3.8) is 0 Å². The van der Waals surface area contributed by atoms with Crippen LogP contribution in [-0.2, 0) is 0 Å². The van der Waals surface area contributed by atoms with Gasteiger partial charge >= 0.3 is 0 Å². The summed E-state index contributed by atoms with van der Waals surface area (Å²) in [5.74, 6) is 0.655. The van der Waals surface area contributed by atoms with Crippen LogP contribution >= 0.6 is 17.0 Å². The van der Waals surface area contributed by atoms with Crippen LogP contribution < -0.4 is 0 Å². The van der Waals surface area contributed by atoms with Crippen LogP contribution in [0.15, 0.2) is 19.0 Å². The highest BCUT2D eigenvalue weighted by molar-refractivity contribution is 8.93. The second kappa shape index (κ2) is 5.11. The third-order valence-corrected chi connectivity index (χ3v) is 1.58. The van der Waals surface area contributed by atoms with Gasteiger partial charge in [0.25, 0.3) is 0 Å². The molecule has 0 radical (unpaired) electrons. The summed E-state index contributed by atoms with van der Waals surface area (Å²) in [6.07, 6.45) is 5.23. The highest BCUT2D eigenvalue weighted by Crippen LogP contribution is 2.13. The Bertz CT molecular complexity index is 247. The zero-order valence-corrected chi connectivity index (χ0v) is 8.69. The largest absolute Gasteiger partial charge is 0.385 e. The molecule has 1 heterocycles. The normalized spacial score (nSPS) is 11.8. The van der Waals surface area contributed by atoms with Crippen molar-refractivity contribution in [1.29, 1.82) is 0 Å². The second-order valence-electron chi connectivity index (χ2n) is 2.30. The molecular weight excluding hydrogens is 220 g/mol. The van der Waals surface area contributed by atoms with E-state index in [-0.39, 0.29) is 17.0 Å². The lowest BCUT2D eigenvalue weighted by Gasteiger charge is -2.06. The van der Waals surface area contributed by atoms with Crippen LogP contribution in [0, 0.1) is 0 Å². The van der Waals surface area contributed by atoms with Gasteiger partial charge in [-0.25, -0.2) is 4.98 Å². The summed E-state index contributed by atoms with van der Waals surface area (Å²) in [4.78, 5) is 4.00. The Labute approximate surface area is 82.5 Å². The van der Waals surface area contributed by atoms with E-state index in [1.54, 1.807) is 23.2 Å². The molecule has 68 valence electrons. The van der Waals surface area contributed by atoms with Crippen molar-refractivity contribution in [2.45, 2.75) is 19.4 Å². The number of hydrogen-bond donors (Lipinski definition) is 1. The van der Waals surface area contributed by atoms with Gasteiger partial charge in [-0.05, 0) is 6.42 Å². The van der Waals surface area contributed by atoms with Gasteiger partial charge in [0.15, 0.2) is 0 Å². The van der Waals surface area contributed by atoms with Crippen LogP contribution in [0.4, 0.5) is 0 Å². The Morgan fingerprint density at radius 2 is 2.50 bits per heavy atom. The van der Waals surface area contributed by atoms with Crippen LogP contribution in [0.25, 0.3) is 6.20 Å². The van der Waals surface area contributed by atoms with Gasteiger partial charge in [-0.3, -0.25) is 0 Å². The Morgan fingerprint density at radius 1 is 1.83 bits per heavy atom. The number of hydrogen-bond acceptors (Lipinski definition) is 2. The van der Waals surface area contributed by atoms with Gasteiger partial charge in [0.2, 0.25) is 0 Å². The van der Waals surface area contributed by atoms with Crippen molar-refractivity contribution in [3.8, 4) is 0 Å². The summed E-state index contributed by atoms with van der Waals surface area (Å²) < 4.78 is 1.72. The molecule has 1 unspecified atom stereocenters. The van der Waals surface area contributed by atoms with E-state index in [0.717, 1.165) is 0 Å². The molecule has 1 N–H and O–H groups in total. The highest BCUT2D eigenvalue weighted by Gasteiger charge is 2.08. The minimum absolute atomic E-state index is 0. The molecule has 0 bridgehead atoms. The monoisotopic (exact) mass is 232 g/mol. The van der Waals surface area contributed by atoms with Crippen molar-refractivity contribution in [2.24, 2.45) is 0 Å². The van der Waals surface area contributed by atoms with E-state index >= 15 is 0 Å². The number of halogens is 1. The Hall–Kier alpha value is -0.610. The zero-order valence-electron chi connectivity index (χ0n) is 6.97. The maximum Gasteiger partial charge on any atom is 0.141 e. The first kappa shape index (κ1) is 11.4. The summed E-state index contributed by atoms with van der Waals surface area (Å²) in [5, 5.41) is 9.40. The molecule has 0 amide bonds. The molecule has 0 spiro atoms. The van der Waals surface area contributed by atoms with Gasteiger partial charge in [-0.15, -0.1) is 17.0 Å². The minimum atomic E-state index is -0.483. The SMILES string of the molecule is Br.C=Cn1ccnc1C(O)CC. The maximum absolute atomic E-state index is 9.40. The first-order chi connectivity index (χ1) is 5.29. The van der Waals surface area contributed by atoms with Gasteiger partial charge < -0.3 is 9.67 Å². The molecule has 1 rings (SSSR count). The molecule has 1 aromatic heterocycles. The highest BCUT2D eigenvalue weighted by atomic mass is 79.9. The first-order valence-corrected chi connectivity index (χ1v) is 3.63. The quantitative estimate of drug-likeness (QED) is 0.867. The third kappa shape index (κ3) is 2.19. The minimum Gasteiger partial charge on any atom is -0.385 e. The third-order valence-electron chi connectivity index (χ3n) is 1.58. The van der Waals surface area contributed by atoms with Crippen molar-refractivity contribution < 1.29 is 5.11 Å². The van der Waals surface area contributed by atoms with Crippen LogP contribution in [0.3, 0.4) is 0 Å². The molecule has 0 saturated carbocycles. The summed E-state index contributed by atoms with van der Waals surface area (Å²) in [5.41, 5.74) is 0. The van der Waals surface area contributed by atoms with Gasteiger partial charge in [-0.1, -0.05) is 13.5 Å². The van der Waals surface area contributed by atoms with E-state index in [1.165, 1.54) is 0 Å². The fraction of sp³-hybridized carbons (Fsp3) is 0.375. The van der Waals surface area contributed by atoms with Gasteiger partial charge in [0, 0.05) is 18.6 Å². The van der Waals surface area contributed by atoms with Crippen LogP contribution in [-0.4, -0.2) is 14.7 Å². The topological polar surface area (TPSA) is 38.0 Å². The number of rotatable bonds is 3. The van der Waals surface area contributed by atoms with Crippen molar-refractivity contribution in [1.82, 2.24) is 9.55 Å². The van der Waals surface area contributed by atoms with Crippen molar-refractivity contribution >= 4 is 23.2 Å². The fourth-order valence-electron chi connectivity index (χ4n) is 0.920. The predicted octanol–water partition coefficient (Wildman–Crippen LogP) is 2.00. The van der Waals surface area contributed by atoms with E-state index in [0.29, 0.717) is 12.2 Å². The lowest BCUT2D eigenvalue weighted by atomic mass is 10.3. The zero-order chi connectivity index (χ0) is 8.27. The van der Waals surface area contributed by atoms with Crippen LogP contribution in [0.2, 0.25) is 0 Å². The summed E-state index contributed by atoms with van der Waals surface area (Å²) in [7, 11) is 0. The van der Waals surface area contributed by atoms with Gasteiger partial charge in [-0.2, -0.15) is 0 Å². The van der Waals surface area contributed by atoms with Gasteiger partial charge in [0.1, 0.15) is 11.9 Å². The summed E-state index contributed by atoms with van der Waals surface area (Å²) >= 11 is 0. The molecule has 0 aliphatic carbocycles. The van der Waals surface area contributed by atoms with Gasteiger partial charge in [0.05, 0.1) is 0 Å². The van der Waals surface area contributed by atoms with E-state index in [2.05, 4.69) is 11.6 Å². The molecule has 0 saturated heterocycles. The van der Waals surface area contributed by atoms with Crippen molar-refractivity contribution in [2.75, 3.05) is 0 Å². The molecule has 4 heteroatoms. The van der Waals surface area contributed by atoms with E-state index in [1.807, 2.05) is 6.92 Å². The summed E-state index contributed by atoms with van der Waals surface area (Å²) in [6, 6.07) is 0. The molecular formula is C8H13BrN2O. The van der Waals surface area contributed by atoms with Crippen LogP contribution in [0.5, 0.6) is 0 Å². The molecule has 0 aromatic carbocycles. The Morgan fingerprint density at radius 3 is 3.00 bits per heavy atom. The molecule has 0 fully saturated rings. The number of aliphatic hydroxyl groups excluding tert-OH is 1. The molecule has 1 atom stereocenters. The molecule has 0 aliphatic rings. The Kier molecular flexibility index (Phi) is 4.85. The number of aliphatic hydroxyl groups is 1. The molecule has 0 aliphatic heterocycles. The standard InChI is InChI=1S/C8H12N2O.BrH/c1-3-7(11)8-9-5-6-10(8)4-2;/h4-7,11H,2-3H2,1H3;1H. The molecule has 1 aromatic rings. The fourth-order valence-corrected chi connectivity index (χ4v) is 0.920. The van der Waals surface area contributed by atoms with E-state index in [9.17, 15) is 5.11 Å². The second-order valence-corrected chi connectivity index (χ2v) is 2.30. The first-order valence-electron chi connectivity index (χ1n) is 3.63. The van der Waals surface area contributed by atoms with E-state index < -0.39 is 6.10 Å². The lowest BCUT2D eigenvalue weighted by Crippen LogP contribution is -2.02. The molecule has 12 heavy (non-hydrogen) atoms. The lowest BCUT2D eigenvalue weighted by molar-refractivity contribution is 0.162. The Balaban J connectivity index is 0.00000121. The number of imidazole rings is 1. The van der Waals surface area contributed by atoms with Crippen molar-refractivity contribution in [3.05, 3.63) is 24.8 Å². The number of nitrogens with zero attached hydrogens (tertiary/aromatic N) is 2. The average molecular weight is 233 g/mol. The number of aromatic nitrogens is 2. The van der Waals surface area contributed by atoms with E-state index in [4.69, 9.17) is 0 Å². The average Bonchev–Trinajstić information content (AvgIpc) is 2.50. The smallest absolute Gasteiger partial charge is 0.141 e. The van der Waals surface area contributed by atoms with Crippen LogP contribution in [0.1, 0.15) is 25.3 Å². The predicted molar refractivity (Wildman–Crippen MR) is 54.2 cm³/mol. The molecule has 3 nitrogen and oxygen atoms in total.